The lowest BCUT2D eigenvalue weighted by Gasteiger charge is -2.05. The molecule has 0 fully saturated rings. The molecule has 0 bridgehead atoms. The van der Waals surface area contributed by atoms with Gasteiger partial charge in [0.2, 0.25) is 0 Å². The summed E-state index contributed by atoms with van der Waals surface area (Å²) in [5.41, 5.74) is 0.933. The molecule has 2 aromatic rings. The summed E-state index contributed by atoms with van der Waals surface area (Å²) in [7, 11) is 0. The number of benzene rings is 1. The van der Waals surface area contributed by atoms with E-state index >= 15 is 0 Å². The number of anilines is 1. The summed E-state index contributed by atoms with van der Waals surface area (Å²) in [5, 5.41) is 19.1. The van der Waals surface area contributed by atoms with Crippen LogP contribution in [0.25, 0.3) is 0 Å². The molecule has 0 saturated heterocycles. The molecule has 2 amide bonds. The third kappa shape index (κ3) is 4.11. The van der Waals surface area contributed by atoms with Crippen LogP contribution in [0.3, 0.4) is 0 Å². The summed E-state index contributed by atoms with van der Waals surface area (Å²) in [6.07, 6.45) is 0. The van der Waals surface area contributed by atoms with Crippen LogP contribution in [-0.4, -0.2) is 16.7 Å². The van der Waals surface area contributed by atoms with Crippen LogP contribution in [0, 0.1) is 10.1 Å². The second-order valence-corrected chi connectivity index (χ2v) is 4.86. The third-order valence-electron chi connectivity index (χ3n) is 2.55. The van der Waals surface area contributed by atoms with Crippen LogP contribution in [-0.2, 0) is 16.1 Å². The average Bonchev–Trinajstić information content (AvgIpc) is 2.98. The quantitative estimate of drug-likeness (QED) is 0.512. The Labute approximate surface area is 123 Å². The van der Waals surface area contributed by atoms with Crippen LogP contribution in [0.1, 0.15) is 5.56 Å². The zero-order valence-electron chi connectivity index (χ0n) is 10.7. The van der Waals surface area contributed by atoms with Gasteiger partial charge in [0.05, 0.1) is 4.92 Å². The first-order valence-corrected chi connectivity index (χ1v) is 6.85. The number of amides is 2. The van der Waals surface area contributed by atoms with E-state index in [-0.39, 0.29) is 17.9 Å². The standard InChI is InChI=1S/C13H11N3O4S/c17-12(14-7-9-4-5-21-8-9)13(18)15-10-2-1-3-11(6-10)16(19)20/h1-6,8H,7H2,(H,14,17)(H,15,18). The number of nitrogens with one attached hydrogen (secondary N) is 2. The van der Waals surface area contributed by atoms with Crippen molar-refractivity contribution in [2.24, 2.45) is 0 Å². The maximum Gasteiger partial charge on any atom is 0.313 e. The highest BCUT2D eigenvalue weighted by Crippen LogP contribution is 2.16. The van der Waals surface area contributed by atoms with E-state index in [1.165, 1.54) is 35.6 Å². The van der Waals surface area contributed by atoms with Crippen molar-refractivity contribution in [3.8, 4) is 0 Å². The molecule has 0 spiro atoms. The number of carbonyl (C=O) groups excluding carboxylic acids is 2. The largest absolute Gasteiger partial charge is 0.344 e. The van der Waals surface area contributed by atoms with Gasteiger partial charge in [0.25, 0.3) is 5.69 Å². The predicted octanol–water partition coefficient (Wildman–Crippen LogP) is 1.91. The van der Waals surface area contributed by atoms with Gasteiger partial charge in [-0.1, -0.05) is 6.07 Å². The Morgan fingerprint density at radius 1 is 1.24 bits per heavy atom. The molecule has 0 radical (unpaired) electrons. The summed E-state index contributed by atoms with van der Waals surface area (Å²) >= 11 is 1.49. The number of hydrogen-bond acceptors (Lipinski definition) is 5. The molecular weight excluding hydrogens is 294 g/mol. The Balaban J connectivity index is 1.92. The first-order valence-electron chi connectivity index (χ1n) is 5.91. The summed E-state index contributed by atoms with van der Waals surface area (Å²) < 4.78 is 0. The number of hydrogen-bond donors (Lipinski definition) is 2. The van der Waals surface area contributed by atoms with Crippen LogP contribution >= 0.6 is 11.3 Å². The van der Waals surface area contributed by atoms with Crippen LogP contribution in [0.15, 0.2) is 41.1 Å². The van der Waals surface area contributed by atoms with E-state index < -0.39 is 16.7 Å². The minimum Gasteiger partial charge on any atom is -0.344 e. The van der Waals surface area contributed by atoms with Crippen LogP contribution in [0.4, 0.5) is 11.4 Å². The van der Waals surface area contributed by atoms with Gasteiger partial charge >= 0.3 is 11.8 Å². The van der Waals surface area contributed by atoms with Gasteiger partial charge in [-0.3, -0.25) is 19.7 Å². The number of nitrogens with zero attached hydrogens (tertiary/aromatic N) is 1. The molecule has 1 aromatic heterocycles. The molecule has 2 N–H and O–H groups in total. The van der Waals surface area contributed by atoms with Crippen molar-refractivity contribution >= 4 is 34.5 Å². The molecule has 1 heterocycles. The zero-order chi connectivity index (χ0) is 15.2. The molecule has 0 saturated carbocycles. The van der Waals surface area contributed by atoms with Crippen molar-refractivity contribution in [3.63, 3.8) is 0 Å². The van der Waals surface area contributed by atoms with Crippen molar-refractivity contribution < 1.29 is 14.5 Å². The van der Waals surface area contributed by atoms with E-state index in [9.17, 15) is 19.7 Å². The van der Waals surface area contributed by atoms with Gasteiger partial charge in [0, 0.05) is 24.4 Å². The molecule has 0 aliphatic carbocycles. The number of rotatable bonds is 4. The molecule has 0 atom stereocenters. The highest BCUT2D eigenvalue weighted by molar-refractivity contribution is 7.07. The molecular formula is C13H11N3O4S. The molecule has 1 aromatic carbocycles. The Morgan fingerprint density at radius 3 is 2.71 bits per heavy atom. The van der Waals surface area contributed by atoms with Crippen LogP contribution in [0.2, 0.25) is 0 Å². The Bertz CT molecular complexity index is 670. The van der Waals surface area contributed by atoms with E-state index in [2.05, 4.69) is 10.6 Å². The lowest BCUT2D eigenvalue weighted by Crippen LogP contribution is -2.34. The number of nitro groups is 1. The monoisotopic (exact) mass is 305 g/mol. The number of carbonyl (C=O) groups is 2. The zero-order valence-corrected chi connectivity index (χ0v) is 11.6. The van der Waals surface area contributed by atoms with E-state index in [4.69, 9.17) is 0 Å². The maximum atomic E-state index is 11.7. The fourth-order valence-corrected chi connectivity index (χ4v) is 2.21. The Hall–Kier alpha value is -2.74. The van der Waals surface area contributed by atoms with Gasteiger partial charge < -0.3 is 10.6 Å². The summed E-state index contributed by atoms with van der Waals surface area (Å²) in [6, 6.07) is 7.22. The minimum absolute atomic E-state index is 0.161. The molecule has 0 aliphatic rings. The highest BCUT2D eigenvalue weighted by Gasteiger charge is 2.14. The Kier molecular flexibility index (Phi) is 4.62. The van der Waals surface area contributed by atoms with Gasteiger partial charge in [-0.15, -0.1) is 0 Å². The van der Waals surface area contributed by atoms with Gasteiger partial charge in [-0.2, -0.15) is 11.3 Å². The van der Waals surface area contributed by atoms with E-state index in [0.717, 1.165) is 5.56 Å². The van der Waals surface area contributed by atoms with E-state index in [1.54, 1.807) is 0 Å². The second-order valence-electron chi connectivity index (χ2n) is 4.08. The summed E-state index contributed by atoms with van der Waals surface area (Å²) in [6.45, 7) is 0.255. The van der Waals surface area contributed by atoms with Gasteiger partial charge in [0.1, 0.15) is 0 Å². The lowest BCUT2D eigenvalue weighted by molar-refractivity contribution is -0.384. The second kappa shape index (κ2) is 6.62. The molecule has 2 rings (SSSR count). The van der Waals surface area contributed by atoms with E-state index in [0.29, 0.717) is 0 Å². The molecule has 21 heavy (non-hydrogen) atoms. The Morgan fingerprint density at radius 2 is 2.05 bits per heavy atom. The third-order valence-corrected chi connectivity index (χ3v) is 3.29. The SMILES string of the molecule is O=C(NCc1ccsc1)C(=O)Nc1cccc([N+](=O)[O-])c1. The van der Waals surface area contributed by atoms with Gasteiger partial charge in [-0.05, 0) is 28.5 Å². The summed E-state index contributed by atoms with van der Waals surface area (Å²) in [4.78, 5) is 33.3. The number of non-ortho nitro benzene ring substituents is 1. The fourth-order valence-electron chi connectivity index (χ4n) is 1.54. The summed E-state index contributed by atoms with van der Waals surface area (Å²) in [5.74, 6) is -1.67. The van der Waals surface area contributed by atoms with Crippen molar-refractivity contribution in [1.82, 2.24) is 5.32 Å². The average molecular weight is 305 g/mol. The predicted molar refractivity (Wildman–Crippen MR) is 77.9 cm³/mol. The number of nitro benzene ring substituents is 1. The normalized spacial score (nSPS) is 9.90. The smallest absolute Gasteiger partial charge is 0.313 e. The molecule has 108 valence electrons. The molecule has 0 aliphatic heterocycles. The van der Waals surface area contributed by atoms with Crippen LogP contribution in [0.5, 0.6) is 0 Å². The van der Waals surface area contributed by atoms with Crippen molar-refractivity contribution in [1.29, 1.82) is 0 Å². The highest BCUT2D eigenvalue weighted by atomic mass is 32.1. The fraction of sp³-hybridized carbons (Fsp3) is 0.0769. The van der Waals surface area contributed by atoms with Gasteiger partial charge in [-0.25, -0.2) is 0 Å². The molecule has 7 nitrogen and oxygen atoms in total. The van der Waals surface area contributed by atoms with Crippen LogP contribution < -0.4 is 10.6 Å². The van der Waals surface area contributed by atoms with E-state index in [1.807, 2.05) is 16.8 Å². The van der Waals surface area contributed by atoms with Gasteiger partial charge in [0.15, 0.2) is 0 Å². The first kappa shape index (κ1) is 14.7. The first-order chi connectivity index (χ1) is 10.1. The lowest BCUT2D eigenvalue weighted by atomic mass is 10.3. The van der Waals surface area contributed by atoms with Crippen molar-refractivity contribution in [2.45, 2.75) is 6.54 Å². The molecule has 8 heteroatoms. The number of thiophene rings is 1. The van der Waals surface area contributed by atoms with Crippen molar-refractivity contribution in [2.75, 3.05) is 5.32 Å². The van der Waals surface area contributed by atoms with Crippen molar-refractivity contribution in [3.05, 3.63) is 56.8 Å². The minimum atomic E-state index is -0.870. The molecule has 0 unspecified atom stereocenters. The maximum absolute atomic E-state index is 11.7. The topological polar surface area (TPSA) is 101 Å².